The third-order valence-corrected chi connectivity index (χ3v) is 6.73. The number of urea groups is 1. The number of amides is 4. The smallest absolute Gasteiger partial charge is 0.344 e. The van der Waals surface area contributed by atoms with Crippen molar-refractivity contribution >= 4 is 23.5 Å². The summed E-state index contributed by atoms with van der Waals surface area (Å²) in [5.74, 6) is -0.374. The number of piperazine rings is 1. The van der Waals surface area contributed by atoms with Gasteiger partial charge in [0.15, 0.2) is 0 Å². The van der Waals surface area contributed by atoms with Crippen LogP contribution in [-0.4, -0.2) is 67.6 Å². The lowest BCUT2D eigenvalue weighted by Crippen LogP contribution is -2.53. The molecule has 2 saturated heterocycles. The fourth-order valence-corrected chi connectivity index (χ4v) is 4.46. The van der Waals surface area contributed by atoms with Crippen LogP contribution in [0.2, 0.25) is 0 Å². The van der Waals surface area contributed by atoms with Gasteiger partial charge in [-0.25, -0.2) is 4.79 Å². The number of carbonyl (C=O) groups excluding carboxylic acids is 3. The first-order chi connectivity index (χ1) is 16.2. The van der Waals surface area contributed by atoms with E-state index in [1.165, 1.54) is 23.9 Å². The van der Waals surface area contributed by atoms with Crippen molar-refractivity contribution in [2.45, 2.75) is 26.3 Å². The van der Waals surface area contributed by atoms with E-state index >= 15 is 0 Å². The molecule has 0 bridgehead atoms. The third kappa shape index (κ3) is 4.43. The molecule has 0 radical (unpaired) electrons. The highest BCUT2D eigenvalue weighted by Crippen LogP contribution is 2.30. The lowest BCUT2D eigenvalue weighted by Gasteiger charge is -2.36. The molecule has 2 N–H and O–H groups in total. The zero-order chi connectivity index (χ0) is 24.5. The molecular formula is C25H31N5O4. The van der Waals surface area contributed by atoms with Crippen LogP contribution < -0.4 is 20.4 Å². The van der Waals surface area contributed by atoms with Gasteiger partial charge in [-0.15, -0.1) is 0 Å². The first-order valence-corrected chi connectivity index (χ1v) is 11.4. The fourth-order valence-electron chi connectivity index (χ4n) is 4.46. The summed E-state index contributed by atoms with van der Waals surface area (Å²) in [4.78, 5) is 42.7. The second kappa shape index (κ2) is 9.34. The number of anilines is 1. The van der Waals surface area contributed by atoms with E-state index in [0.29, 0.717) is 24.4 Å². The van der Waals surface area contributed by atoms with Crippen molar-refractivity contribution in [3.05, 3.63) is 59.2 Å². The van der Waals surface area contributed by atoms with E-state index in [-0.39, 0.29) is 6.54 Å². The number of aryl methyl sites for hydroxylation is 1. The third-order valence-electron chi connectivity index (χ3n) is 6.73. The molecule has 2 aliphatic rings. The summed E-state index contributed by atoms with van der Waals surface area (Å²) in [5, 5.41) is 3.46. The summed E-state index contributed by atoms with van der Waals surface area (Å²) >= 11 is 0. The molecule has 2 aromatic rings. The van der Waals surface area contributed by atoms with Crippen LogP contribution in [0, 0.1) is 13.8 Å². The van der Waals surface area contributed by atoms with Gasteiger partial charge >= 0.3 is 6.03 Å². The minimum atomic E-state index is -1.30. The predicted octanol–water partition coefficient (Wildman–Crippen LogP) is 1.93. The van der Waals surface area contributed by atoms with Gasteiger partial charge in [0.25, 0.3) is 11.8 Å². The number of carbonyl (C=O) groups is 3. The molecule has 9 nitrogen and oxygen atoms in total. The molecular weight excluding hydrogens is 434 g/mol. The van der Waals surface area contributed by atoms with Gasteiger partial charge in [0.2, 0.25) is 0 Å². The van der Waals surface area contributed by atoms with Crippen molar-refractivity contribution in [2.75, 3.05) is 44.7 Å². The monoisotopic (exact) mass is 465 g/mol. The zero-order valence-corrected chi connectivity index (χ0v) is 20.1. The van der Waals surface area contributed by atoms with Crippen molar-refractivity contribution < 1.29 is 19.1 Å². The lowest BCUT2D eigenvalue weighted by molar-refractivity contribution is -0.139. The van der Waals surface area contributed by atoms with Gasteiger partial charge in [0, 0.05) is 31.9 Å². The van der Waals surface area contributed by atoms with E-state index in [0.717, 1.165) is 18.1 Å². The van der Waals surface area contributed by atoms with Crippen molar-refractivity contribution in [1.29, 1.82) is 0 Å². The number of hydrazine groups is 1. The van der Waals surface area contributed by atoms with Crippen molar-refractivity contribution in [3.8, 4) is 5.75 Å². The van der Waals surface area contributed by atoms with Crippen molar-refractivity contribution in [2.24, 2.45) is 0 Å². The molecule has 0 spiro atoms. The first-order valence-electron chi connectivity index (χ1n) is 11.4. The SMILES string of the molecule is COc1cccc([C@@]2(C)NC(=O)N(NC(=O)CN3CCN(c4cccc(C)c4C)CC3)C2=O)c1. The number of ether oxygens (including phenoxy) is 1. The topological polar surface area (TPSA) is 94.2 Å². The molecule has 0 saturated carbocycles. The summed E-state index contributed by atoms with van der Waals surface area (Å²) < 4.78 is 5.23. The number of nitrogens with zero attached hydrogens (tertiary/aromatic N) is 3. The minimum Gasteiger partial charge on any atom is -0.497 e. The maximum absolute atomic E-state index is 13.1. The number of nitrogens with one attached hydrogen (secondary N) is 2. The number of hydrogen-bond acceptors (Lipinski definition) is 6. The Bertz CT molecular complexity index is 1110. The molecule has 9 heteroatoms. The molecule has 1 atom stereocenters. The zero-order valence-electron chi connectivity index (χ0n) is 20.1. The summed E-state index contributed by atoms with van der Waals surface area (Å²) in [5.41, 5.74) is 5.51. The van der Waals surface area contributed by atoms with Crippen LogP contribution in [0.1, 0.15) is 23.6 Å². The van der Waals surface area contributed by atoms with Gasteiger partial charge in [-0.3, -0.25) is 19.9 Å². The van der Waals surface area contributed by atoms with Gasteiger partial charge in [-0.1, -0.05) is 24.3 Å². The summed E-state index contributed by atoms with van der Waals surface area (Å²) in [6.45, 7) is 8.97. The Labute approximate surface area is 199 Å². The molecule has 180 valence electrons. The molecule has 0 unspecified atom stereocenters. The second-order valence-corrected chi connectivity index (χ2v) is 8.94. The van der Waals surface area contributed by atoms with E-state index in [1.807, 2.05) is 4.90 Å². The normalized spacial score (nSPS) is 20.9. The summed E-state index contributed by atoms with van der Waals surface area (Å²) in [6, 6.07) is 12.6. The van der Waals surface area contributed by atoms with Crippen LogP contribution in [0.4, 0.5) is 10.5 Å². The molecule has 2 fully saturated rings. The van der Waals surface area contributed by atoms with Crippen LogP contribution in [0.25, 0.3) is 0 Å². The molecule has 2 aliphatic heterocycles. The van der Waals surface area contributed by atoms with E-state index in [1.54, 1.807) is 31.2 Å². The molecule has 4 rings (SSSR count). The van der Waals surface area contributed by atoms with Gasteiger partial charge in [-0.2, -0.15) is 5.01 Å². The van der Waals surface area contributed by atoms with Crippen LogP contribution in [0.3, 0.4) is 0 Å². The van der Waals surface area contributed by atoms with Gasteiger partial charge in [0.1, 0.15) is 11.3 Å². The average molecular weight is 466 g/mol. The molecule has 0 aromatic heterocycles. The molecule has 34 heavy (non-hydrogen) atoms. The van der Waals surface area contributed by atoms with Crippen molar-refractivity contribution in [3.63, 3.8) is 0 Å². The van der Waals surface area contributed by atoms with E-state index in [9.17, 15) is 14.4 Å². The Morgan fingerprint density at radius 2 is 1.79 bits per heavy atom. The van der Waals surface area contributed by atoms with Crippen LogP contribution in [0.5, 0.6) is 5.75 Å². The van der Waals surface area contributed by atoms with E-state index in [2.05, 4.69) is 47.7 Å². The molecule has 2 heterocycles. The average Bonchev–Trinajstić information content (AvgIpc) is 3.05. The highest BCUT2D eigenvalue weighted by molar-refractivity contribution is 6.08. The fraction of sp³-hybridized carbons (Fsp3) is 0.400. The second-order valence-electron chi connectivity index (χ2n) is 8.94. The summed E-state index contributed by atoms with van der Waals surface area (Å²) in [6.07, 6.45) is 0. The highest BCUT2D eigenvalue weighted by Gasteiger charge is 2.50. The minimum absolute atomic E-state index is 0.105. The van der Waals surface area contributed by atoms with E-state index in [4.69, 9.17) is 4.74 Å². The Kier molecular flexibility index (Phi) is 6.47. The van der Waals surface area contributed by atoms with Gasteiger partial charge in [0.05, 0.1) is 13.7 Å². The Morgan fingerprint density at radius 1 is 1.09 bits per heavy atom. The van der Waals surface area contributed by atoms with Crippen LogP contribution in [-0.2, 0) is 15.1 Å². The largest absolute Gasteiger partial charge is 0.497 e. The Hall–Kier alpha value is -3.59. The number of methoxy groups -OCH3 is 1. The number of hydrogen-bond donors (Lipinski definition) is 2. The van der Waals surface area contributed by atoms with Gasteiger partial charge in [-0.05, 0) is 55.7 Å². The van der Waals surface area contributed by atoms with Gasteiger partial charge < -0.3 is 15.0 Å². The highest BCUT2D eigenvalue weighted by atomic mass is 16.5. The standard InChI is InChI=1S/C25H31N5O4/c1-17-7-5-10-21(18(17)2)29-13-11-28(12-14-29)16-22(31)27-30-23(32)25(3,26-24(30)33)19-8-6-9-20(15-19)34-4/h5-10,15H,11-14,16H2,1-4H3,(H,26,33)(H,27,31)/t25-/m1/s1. The Morgan fingerprint density at radius 3 is 2.50 bits per heavy atom. The number of imide groups is 1. The molecule has 4 amide bonds. The quantitative estimate of drug-likeness (QED) is 0.634. The Balaban J connectivity index is 1.35. The predicted molar refractivity (Wildman–Crippen MR) is 128 cm³/mol. The van der Waals surface area contributed by atoms with Crippen LogP contribution >= 0.6 is 0 Å². The molecule has 2 aromatic carbocycles. The molecule has 0 aliphatic carbocycles. The maximum Gasteiger partial charge on any atom is 0.344 e. The number of rotatable bonds is 6. The lowest BCUT2D eigenvalue weighted by atomic mass is 9.92. The first kappa shape index (κ1) is 23.6. The maximum atomic E-state index is 13.1. The van der Waals surface area contributed by atoms with E-state index < -0.39 is 23.4 Å². The van der Waals surface area contributed by atoms with Crippen LogP contribution in [0.15, 0.2) is 42.5 Å². The number of benzene rings is 2. The summed E-state index contributed by atoms with van der Waals surface area (Å²) in [7, 11) is 1.53. The van der Waals surface area contributed by atoms with Crippen molar-refractivity contribution in [1.82, 2.24) is 20.7 Å².